The Morgan fingerprint density at radius 2 is 2.25 bits per heavy atom. The van der Waals surface area contributed by atoms with Crippen LogP contribution in [-0.4, -0.2) is 41.3 Å². The van der Waals surface area contributed by atoms with E-state index in [0.717, 1.165) is 43.9 Å². The van der Waals surface area contributed by atoms with Crippen molar-refractivity contribution in [2.75, 3.05) is 13.2 Å². The fourth-order valence-corrected chi connectivity index (χ4v) is 4.57. The molecule has 0 spiro atoms. The van der Waals surface area contributed by atoms with Crippen LogP contribution < -0.4 is 0 Å². The molecule has 0 N–H and O–H groups in total. The smallest absolute Gasteiger partial charge is 0.0992 e. The van der Waals surface area contributed by atoms with E-state index < -0.39 is 0 Å². The minimum absolute atomic E-state index is 0.184. The van der Waals surface area contributed by atoms with Crippen molar-refractivity contribution in [3.05, 3.63) is 52.0 Å². The van der Waals surface area contributed by atoms with Gasteiger partial charge in [-0.1, -0.05) is 12.1 Å². The van der Waals surface area contributed by atoms with Gasteiger partial charge >= 0.3 is 0 Å². The molecule has 1 saturated carbocycles. The van der Waals surface area contributed by atoms with Crippen molar-refractivity contribution in [3.8, 4) is 0 Å². The Bertz CT molecular complexity index is 661. The van der Waals surface area contributed by atoms with Crippen molar-refractivity contribution in [2.24, 2.45) is 0 Å². The average molecular weight is 344 g/mol. The number of thiophene rings is 1. The van der Waals surface area contributed by atoms with Crippen LogP contribution in [0.25, 0.3) is 0 Å². The van der Waals surface area contributed by atoms with Crippen molar-refractivity contribution in [1.82, 2.24) is 9.88 Å². The molecular weight excluding hydrogens is 320 g/mol. The second-order valence-corrected chi connectivity index (χ2v) is 7.68. The number of pyridine rings is 1. The second kappa shape index (κ2) is 7.31. The van der Waals surface area contributed by atoms with Gasteiger partial charge in [0.2, 0.25) is 0 Å². The van der Waals surface area contributed by atoms with E-state index in [-0.39, 0.29) is 12.2 Å². The first kappa shape index (κ1) is 16.2. The van der Waals surface area contributed by atoms with Crippen LogP contribution in [-0.2, 0) is 22.6 Å². The molecule has 1 saturated heterocycles. The van der Waals surface area contributed by atoms with Gasteiger partial charge in [-0.3, -0.25) is 9.88 Å². The molecule has 0 amide bonds. The average Bonchev–Trinajstić information content (AvgIpc) is 3.23. The molecule has 3 heterocycles. The van der Waals surface area contributed by atoms with Crippen LogP contribution in [0.15, 0.2) is 35.7 Å². The number of morpholine rings is 1. The molecule has 24 heavy (non-hydrogen) atoms. The Hall–Kier alpha value is -1.27. The monoisotopic (exact) mass is 344 g/mol. The van der Waals surface area contributed by atoms with E-state index in [9.17, 15) is 0 Å². The van der Waals surface area contributed by atoms with E-state index in [4.69, 9.17) is 9.47 Å². The molecule has 2 aromatic heterocycles. The maximum atomic E-state index is 6.19. The summed E-state index contributed by atoms with van der Waals surface area (Å²) in [5, 5.41) is 2.16. The van der Waals surface area contributed by atoms with Gasteiger partial charge in [-0.25, -0.2) is 0 Å². The van der Waals surface area contributed by atoms with Gasteiger partial charge in [0.05, 0.1) is 31.1 Å². The maximum Gasteiger partial charge on any atom is 0.0992 e. The lowest BCUT2D eigenvalue weighted by Crippen LogP contribution is -2.51. The normalized spacial score (nSPS) is 27.3. The number of hydrogen-bond donors (Lipinski definition) is 0. The van der Waals surface area contributed by atoms with E-state index in [1.165, 1.54) is 4.88 Å². The fourth-order valence-electron chi connectivity index (χ4n) is 3.84. The molecule has 0 aromatic carbocycles. The lowest BCUT2D eigenvalue weighted by molar-refractivity contribution is -0.118. The molecule has 2 aromatic rings. The van der Waals surface area contributed by atoms with Crippen molar-refractivity contribution < 1.29 is 9.47 Å². The number of ether oxygens (including phenoxy) is 2. The summed E-state index contributed by atoms with van der Waals surface area (Å²) in [6.45, 7) is 5.44. The zero-order valence-corrected chi connectivity index (χ0v) is 14.9. The Morgan fingerprint density at radius 1 is 1.29 bits per heavy atom. The van der Waals surface area contributed by atoms with Crippen LogP contribution in [0, 0.1) is 6.92 Å². The molecule has 2 aliphatic rings. The summed E-state index contributed by atoms with van der Waals surface area (Å²) in [5.74, 6) is 0. The van der Waals surface area contributed by atoms with Crippen LogP contribution in [0.2, 0.25) is 0 Å². The highest BCUT2D eigenvalue weighted by atomic mass is 32.1. The van der Waals surface area contributed by atoms with Crippen molar-refractivity contribution in [3.63, 3.8) is 0 Å². The van der Waals surface area contributed by atoms with Crippen molar-refractivity contribution in [1.29, 1.82) is 0 Å². The predicted molar refractivity (Wildman–Crippen MR) is 95.0 cm³/mol. The molecule has 2 fully saturated rings. The standard InChI is InChI=1S/C19H24N2O2S/c1-14-4-2-5-15(20-14)13-23-18-8-7-17-19(18)22-10-9-21(17)12-16-6-3-11-24-16/h2-6,11,17-19H,7-10,12-13H2,1H3/t17-,18+,19+/m0/s1. The Morgan fingerprint density at radius 3 is 3.08 bits per heavy atom. The van der Waals surface area contributed by atoms with Gasteiger partial charge in [0.15, 0.2) is 0 Å². The van der Waals surface area contributed by atoms with Crippen LogP contribution in [0.3, 0.4) is 0 Å². The Labute approximate surface area is 147 Å². The molecule has 3 atom stereocenters. The van der Waals surface area contributed by atoms with Crippen LogP contribution in [0.1, 0.15) is 29.1 Å². The number of fused-ring (bicyclic) bond motifs is 1. The highest BCUT2D eigenvalue weighted by molar-refractivity contribution is 7.09. The molecule has 1 aliphatic heterocycles. The summed E-state index contributed by atoms with van der Waals surface area (Å²) in [6, 6.07) is 10.9. The summed E-state index contributed by atoms with van der Waals surface area (Å²) in [7, 11) is 0. The minimum atomic E-state index is 0.184. The first-order valence-electron chi connectivity index (χ1n) is 8.72. The molecule has 0 radical (unpaired) electrons. The van der Waals surface area contributed by atoms with Gasteiger partial charge in [0, 0.05) is 29.7 Å². The maximum absolute atomic E-state index is 6.19. The molecule has 128 valence electrons. The van der Waals surface area contributed by atoms with E-state index in [1.807, 2.05) is 36.5 Å². The summed E-state index contributed by atoms with van der Waals surface area (Å²) < 4.78 is 12.3. The first-order chi connectivity index (χ1) is 11.8. The number of nitrogens with zero attached hydrogens (tertiary/aromatic N) is 2. The number of aromatic nitrogens is 1. The van der Waals surface area contributed by atoms with Gasteiger partial charge in [-0.15, -0.1) is 11.3 Å². The molecule has 4 rings (SSSR count). The predicted octanol–water partition coefficient (Wildman–Crippen LogP) is 3.40. The molecule has 1 aliphatic carbocycles. The SMILES string of the molecule is Cc1cccc(CO[C@@H]2CC[C@H]3[C@H]2OCCN3Cc2cccs2)n1. The molecular formula is C19H24N2O2S. The van der Waals surface area contributed by atoms with Crippen LogP contribution in [0.4, 0.5) is 0 Å². The Kier molecular flexibility index (Phi) is 4.94. The number of rotatable bonds is 5. The summed E-state index contributed by atoms with van der Waals surface area (Å²) in [4.78, 5) is 8.54. The van der Waals surface area contributed by atoms with Crippen molar-refractivity contribution >= 4 is 11.3 Å². The quantitative estimate of drug-likeness (QED) is 0.833. The highest BCUT2D eigenvalue weighted by Gasteiger charge is 2.43. The van der Waals surface area contributed by atoms with Gasteiger partial charge in [-0.2, -0.15) is 0 Å². The van der Waals surface area contributed by atoms with Gasteiger partial charge < -0.3 is 9.47 Å². The Balaban J connectivity index is 1.37. The summed E-state index contributed by atoms with van der Waals surface area (Å²) in [6.07, 6.45) is 2.61. The van der Waals surface area contributed by atoms with Gasteiger partial charge in [0.1, 0.15) is 0 Å². The lowest BCUT2D eigenvalue weighted by Gasteiger charge is -2.38. The summed E-state index contributed by atoms with van der Waals surface area (Å²) in [5.41, 5.74) is 2.04. The highest BCUT2D eigenvalue weighted by Crippen LogP contribution is 2.33. The molecule has 4 nitrogen and oxygen atoms in total. The molecule has 0 bridgehead atoms. The molecule has 0 unspecified atom stereocenters. The third-order valence-electron chi connectivity index (χ3n) is 4.98. The molecule has 5 heteroatoms. The zero-order valence-electron chi connectivity index (χ0n) is 14.1. The number of aryl methyl sites for hydroxylation is 1. The lowest BCUT2D eigenvalue weighted by atomic mass is 10.1. The fraction of sp³-hybridized carbons (Fsp3) is 0.526. The van der Waals surface area contributed by atoms with E-state index in [1.54, 1.807) is 0 Å². The minimum Gasteiger partial charge on any atom is -0.373 e. The van der Waals surface area contributed by atoms with Crippen molar-refractivity contribution in [2.45, 2.75) is 51.2 Å². The van der Waals surface area contributed by atoms with E-state index in [0.29, 0.717) is 12.6 Å². The van der Waals surface area contributed by atoms with Crippen LogP contribution >= 0.6 is 11.3 Å². The van der Waals surface area contributed by atoms with E-state index >= 15 is 0 Å². The van der Waals surface area contributed by atoms with Crippen LogP contribution in [0.5, 0.6) is 0 Å². The number of hydrogen-bond acceptors (Lipinski definition) is 5. The summed E-state index contributed by atoms with van der Waals surface area (Å²) >= 11 is 1.84. The largest absolute Gasteiger partial charge is 0.373 e. The second-order valence-electron chi connectivity index (χ2n) is 6.65. The first-order valence-corrected chi connectivity index (χ1v) is 9.60. The van der Waals surface area contributed by atoms with Gasteiger partial charge in [-0.05, 0) is 43.3 Å². The third-order valence-corrected chi connectivity index (χ3v) is 5.84. The third kappa shape index (κ3) is 3.54. The topological polar surface area (TPSA) is 34.6 Å². The van der Waals surface area contributed by atoms with Gasteiger partial charge in [0.25, 0.3) is 0 Å². The zero-order chi connectivity index (χ0) is 16.4. The van der Waals surface area contributed by atoms with E-state index in [2.05, 4.69) is 27.4 Å².